The van der Waals surface area contributed by atoms with Crippen molar-refractivity contribution in [2.24, 2.45) is 0 Å². The van der Waals surface area contributed by atoms with Crippen LogP contribution in [0.4, 0.5) is 26.3 Å². The normalized spacial score (nSPS) is 15.4. The number of H-pyrrole nitrogens is 1. The van der Waals surface area contributed by atoms with Crippen LogP contribution in [0, 0.1) is 0 Å². The second-order valence-electron chi connectivity index (χ2n) is 6.17. The summed E-state index contributed by atoms with van der Waals surface area (Å²) in [5.74, 6) is -1.18. The van der Waals surface area contributed by atoms with Gasteiger partial charge in [0.2, 0.25) is 0 Å². The quantitative estimate of drug-likeness (QED) is 0.757. The van der Waals surface area contributed by atoms with Crippen LogP contribution in [0.2, 0.25) is 0 Å². The van der Waals surface area contributed by atoms with Crippen molar-refractivity contribution >= 4 is 5.91 Å². The second kappa shape index (κ2) is 7.50. The minimum absolute atomic E-state index is 0.0298. The molecular formula is C17H13F6N3O3. The molecule has 0 unspecified atom stereocenters. The second-order valence-corrected chi connectivity index (χ2v) is 6.17. The minimum Gasteiger partial charge on any atom is -0.378 e. The number of hydrogen-bond donors (Lipinski definition) is 1. The summed E-state index contributed by atoms with van der Waals surface area (Å²) >= 11 is 0. The van der Waals surface area contributed by atoms with Crippen LogP contribution in [0.5, 0.6) is 0 Å². The fraction of sp³-hybridized carbons (Fsp3) is 0.353. The van der Waals surface area contributed by atoms with Gasteiger partial charge in [-0.25, -0.2) is 4.98 Å². The Labute approximate surface area is 159 Å². The lowest BCUT2D eigenvalue weighted by Gasteiger charge is -2.26. The zero-order valence-electron chi connectivity index (χ0n) is 14.5. The van der Waals surface area contributed by atoms with E-state index in [-0.39, 0.29) is 37.9 Å². The van der Waals surface area contributed by atoms with E-state index in [0.717, 1.165) is 6.20 Å². The van der Waals surface area contributed by atoms with Crippen LogP contribution in [-0.4, -0.2) is 47.1 Å². The Bertz CT molecular complexity index is 945. The predicted octanol–water partition coefficient (Wildman–Crippen LogP) is 2.95. The van der Waals surface area contributed by atoms with Gasteiger partial charge in [0.05, 0.1) is 24.3 Å². The molecule has 0 radical (unpaired) electrons. The third kappa shape index (κ3) is 4.58. The molecule has 29 heavy (non-hydrogen) atoms. The Morgan fingerprint density at radius 2 is 1.55 bits per heavy atom. The molecule has 6 nitrogen and oxygen atoms in total. The smallest absolute Gasteiger partial charge is 0.378 e. The summed E-state index contributed by atoms with van der Waals surface area (Å²) in [6.45, 7) is 1.03. The fourth-order valence-electron chi connectivity index (χ4n) is 2.72. The number of ether oxygens (including phenoxy) is 1. The van der Waals surface area contributed by atoms with E-state index < -0.39 is 46.3 Å². The van der Waals surface area contributed by atoms with Crippen molar-refractivity contribution in [2.75, 3.05) is 26.3 Å². The average molecular weight is 421 g/mol. The Morgan fingerprint density at radius 3 is 2.03 bits per heavy atom. The molecule has 1 saturated heterocycles. The summed E-state index contributed by atoms with van der Waals surface area (Å²) in [7, 11) is 0. The van der Waals surface area contributed by atoms with Gasteiger partial charge in [-0.15, -0.1) is 0 Å². The van der Waals surface area contributed by atoms with Gasteiger partial charge >= 0.3 is 12.4 Å². The molecule has 1 N–H and O–H groups in total. The van der Waals surface area contributed by atoms with Gasteiger partial charge in [0.25, 0.3) is 11.5 Å². The summed E-state index contributed by atoms with van der Waals surface area (Å²) in [5.41, 5.74) is -5.03. The van der Waals surface area contributed by atoms with E-state index >= 15 is 0 Å². The lowest BCUT2D eigenvalue weighted by molar-refractivity contribution is -0.143. The van der Waals surface area contributed by atoms with Gasteiger partial charge in [-0.2, -0.15) is 26.3 Å². The fourth-order valence-corrected chi connectivity index (χ4v) is 2.72. The highest BCUT2D eigenvalue weighted by atomic mass is 19.4. The first-order chi connectivity index (χ1) is 13.5. The summed E-state index contributed by atoms with van der Waals surface area (Å²) in [6.07, 6.45) is -9.25. The molecular weight excluding hydrogens is 408 g/mol. The summed E-state index contributed by atoms with van der Waals surface area (Å²) in [6, 6.07) is 0.853. The van der Waals surface area contributed by atoms with Crippen molar-refractivity contribution in [3.63, 3.8) is 0 Å². The van der Waals surface area contributed by atoms with Crippen LogP contribution in [0.15, 0.2) is 29.2 Å². The highest BCUT2D eigenvalue weighted by molar-refractivity contribution is 5.93. The van der Waals surface area contributed by atoms with Crippen molar-refractivity contribution < 1.29 is 35.9 Å². The van der Waals surface area contributed by atoms with E-state index in [4.69, 9.17) is 4.74 Å². The molecule has 0 bridgehead atoms. The first-order valence-corrected chi connectivity index (χ1v) is 8.23. The zero-order valence-corrected chi connectivity index (χ0v) is 14.5. The van der Waals surface area contributed by atoms with Crippen LogP contribution < -0.4 is 5.56 Å². The molecule has 2 aromatic rings. The number of aromatic nitrogens is 2. The molecule has 0 aliphatic carbocycles. The highest BCUT2D eigenvalue weighted by Gasteiger charge is 2.37. The molecule has 0 saturated carbocycles. The number of nitrogens with zero attached hydrogens (tertiary/aromatic N) is 2. The Balaban J connectivity index is 2.01. The number of benzene rings is 1. The molecule has 0 atom stereocenters. The number of alkyl halides is 6. The largest absolute Gasteiger partial charge is 0.416 e. The number of carbonyl (C=O) groups is 1. The number of carbonyl (C=O) groups excluding carboxylic acids is 1. The average Bonchev–Trinajstić information content (AvgIpc) is 2.66. The maximum Gasteiger partial charge on any atom is 0.416 e. The van der Waals surface area contributed by atoms with Crippen LogP contribution in [0.3, 0.4) is 0 Å². The van der Waals surface area contributed by atoms with Gasteiger partial charge in [-0.3, -0.25) is 9.59 Å². The molecule has 3 rings (SSSR count). The van der Waals surface area contributed by atoms with E-state index in [1.165, 1.54) is 4.90 Å². The molecule has 156 valence electrons. The van der Waals surface area contributed by atoms with Gasteiger partial charge in [0.1, 0.15) is 11.4 Å². The van der Waals surface area contributed by atoms with Gasteiger partial charge in [0.15, 0.2) is 0 Å². The third-order valence-corrected chi connectivity index (χ3v) is 4.19. The first-order valence-electron chi connectivity index (χ1n) is 8.23. The summed E-state index contributed by atoms with van der Waals surface area (Å²) < 4.78 is 83.0. The standard InChI is InChI=1S/C17H13F6N3O3/c18-16(19,20)10-5-9(6-11(7-10)17(21,22)23)13-24-8-12(14(27)25-13)15(28)26-1-3-29-4-2-26/h5-8H,1-4H2,(H,24,25,27). The van der Waals surface area contributed by atoms with Crippen molar-refractivity contribution in [1.29, 1.82) is 0 Å². The Hall–Kier alpha value is -2.89. The maximum absolute atomic E-state index is 13.0. The predicted molar refractivity (Wildman–Crippen MR) is 87.0 cm³/mol. The number of rotatable bonds is 2. The van der Waals surface area contributed by atoms with Crippen LogP contribution in [-0.2, 0) is 17.1 Å². The SMILES string of the molecule is O=C(c1cnc(-c2cc(C(F)(F)F)cc(C(F)(F)F)c2)[nH]c1=O)N1CCOCC1. The molecule has 1 aromatic carbocycles. The highest BCUT2D eigenvalue weighted by Crippen LogP contribution is 2.37. The topological polar surface area (TPSA) is 75.3 Å². The monoisotopic (exact) mass is 421 g/mol. The van der Waals surface area contributed by atoms with E-state index in [9.17, 15) is 35.9 Å². The molecule has 0 spiro atoms. The van der Waals surface area contributed by atoms with Crippen molar-refractivity contribution in [1.82, 2.24) is 14.9 Å². The number of aromatic amines is 1. The molecule has 1 fully saturated rings. The Kier molecular flexibility index (Phi) is 5.39. The van der Waals surface area contributed by atoms with Gasteiger partial charge in [-0.1, -0.05) is 0 Å². The van der Waals surface area contributed by atoms with E-state index in [1.807, 2.05) is 0 Å². The Morgan fingerprint density at radius 1 is 1.00 bits per heavy atom. The minimum atomic E-state index is -5.04. The van der Waals surface area contributed by atoms with Crippen LogP contribution >= 0.6 is 0 Å². The van der Waals surface area contributed by atoms with E-state index in [2.05, 4.69) is 9.97 Å². The van der Waals surface area contributed by atoms with E-state index in [1.54, 1.807) is 0 Å². The van der Waals surface area contributed by atoms with Crippen LogP contribution in [0.1, 0.15) is 21.5 Å². The first kappa shape index (κ1) is 20.8. The third-order valence-electron chi connectivity index (χ3n) is 4.19. The number of hydrogen-bond acceptors (Lipinski definition) is 4. The van der Waals surface area contributed by atoms with Gasteiger partial charge < -0.3 is 14.6 Å². The molecule has 2 heterocycles. The molecule has 12 heteroatoms. The number of morpholine rings is 1. The number of amides is 1. The van der Waals surface area contributed by atoms with Crippen molar-refractivity contribution in [3.05, 3.63) is 51.4 Å². The number of nitrogens with one attached hydrogen (secondary N) is 1. The summed E-state index contributed by atoms with van der Waals surface area (Å²) in [5, 5.41) is 0. The van der Waals surface area contributed by atoms with Gasteiger partial charge in [0, 0.05) is 24.8 Å². The van der Waals surface area contributed by atoms with Gasteiger partial charge in [-0.05, 0) is 18.2 Å². The molecule has 1 aromatic heterocycles. The zero-order chi connectivity index (χ0) is 21.4. The maximum atomic E-state index is 13.0. The lowest BCUT2D eigenvalue weighted by atomic mass is 10.0. The molecule has 1 aliphatic rings. The number of halogens is 6. The van der Waals surface area contributed by atoms with Crippen molar-refractivity contribution in [3.8, 4) is 11.4 Å². The van der Waals surface area contributed by atoms with E-state index in [0.29, 0.717) is 12.1 Å². The van der Waals surface area contributed by atoms with Crippen molar-refractivity contribution in [2.45, 2.75) is 12.4 Å². The molecule has 1 aliphatic heterocycles. The van der Waals surface area contributed by atoms with Crippen LogP contribution in [0.25, 0.3) is 11.4 Å². The summed E-state index contributed by atoms with van der Waals surface area (Å²) in [4.78, 5) is 31.7. The molecule has 1 amide bonds. The lowest BCUT2D eigenvalue weighted by Crippen LogP contribution is -2.42.